The summed E-state index contributed by atoms with van der Waals surface area (Å²) in [6, 6.07) is 2.12. The van der Waals surface area contributed by atoms with E-state index < -0.39 is 0 Å². The van der Waals surface area contributed by atoms with E-state index in [-0.39, 0.29) is 0 Å². The van der Waals surface area contributed by atoms with Gasteiger partial charge in [-0.1, -0.05) is 24.3 Å². The highest BCUT2D eigenvalue weighted by Gasteiger charge is 2.03. The summed E-state index contributed by atoms with van der Waals surface area (Å²) in [5.74, 6) is 0. The van der Waals surface area contributed by atoms with Crippen molar-refractivity contribution in [3.8, 4) is 6.07 Å². The van der Waals surface area contributed by atoms with Crippen LogP contribution in [0.5, 0.6) is 0 Å². The lowest BCUT2D eigenvalue weighted by atomic mass is 10.2. The maximum Gasteiger partial charge on any atom is 0.0871 e. The van der Waals surface area contributed by atoms with Crippen molar-refractivity contribution in [1.82, 2.24) is 4.90 Å². The first-order valence-corrected chi connectivity index (χ1v) is 3.94. The van der Waals surface area contributed by atoms with Crippen molar-refractivity contribution in [3.63, 3.8) is 0 Å². The van der Waals surface area contributed by atoms with Gasteiger partial charge in [0.15, 0.2) is 0 Å². The first-order chi connectivity index (χ1) is 5.56. The number of rotatable bonds is 5. The molecular formula is C10H16N2. The Morgan fingerprint density at radius 3 is 1.92 bits per heavy atom. The van der Waals surface area contributed by atoms with Gasteiger partial charge in [-0.25, -0.2) is 0 Å². The van der Waals surface area contributed by atoms with Crippen molar-refractivity contribution in [3.05, 3.63) is 24.3 Å². The highest BCUT2D eigenvalue weighted by molar-refractivity contribution is 4.99. The van der Waals surface area contributed by atoms with E-state index in [1.807, 2.05) is 18.7 Å². The molecule has 0 N–H and O–H groups in total. The summed E-state index contributed by atoms with van der Waals surface area (Å²) >= 11 is 0. The molecule has 0 saturated heterocycles. The number of nitriles is 1. The lowest BCUT2D eigenvalue weighted by Gasteiger charge is -2.18. The SMILES string of the molecule is C=C(C)CN(CC#N)CC(=C)C. The van der Waals surface area contributed by atoms with Crippen LogP contribution in [0, 0.1) is 11.3 Å². The smallest absolute Gasteiger partial charge is 0.0871 e. The molecule has 0 radical (unpaired) electrons. The van der Waals surface area contributed by atoms with Gasteiger partial charge in [-0.05, 0) is 13.8 Å². The van der Waals surface area contributed by atoms with Crippen molar-refractivity contribution in [2.45, 2.75) is 13.8 Å². The summed E-state index contributed by atoms with van der Waals surface area (Å²) in [5.41, 5.74) is 2.15. The molecule has 0 atom stereocenters. The largest absolute Gasteiger partial charge is 0.283 e. The Morgan fingerprint density at radius 1 is 1.25 bits per heavy atom. The zero-order valence-electron chi connectivity index (χ0n) is 7.93. The van der Waals surface area contributed by atoms with Crippen LogP contribution in [0.1, 0.15) is 13.8 Å². The van der Waals surface area contributed by atoms with E-state index >= 15 is 0 Å². The van der Waals surface area contributed by atoms with Gasteiger partial charge in [-0.3, -0.25) is 4.90 Å². The first kappa shape index (κ1) is 10.9. The average Bonchev–Trinajstić information content (AvgIpc) is 1.84. The predicted octanol–water partition coefficient (Wildman–Crippen LogP) is 1.96. The summed E-state index contributed by atoms with van der Waals surface area (Å²) < 4.78 is 0. The minimum absolute atomic E-state index is 0.444. The number of hydrogen-bond acceptors (Lipinski definition) is 2. The molecule has 0 unspecified atom stereocenters. The fourth-order valence-electron chi connectivity index (χ4n) is 1.03. The van der Waals surface area contributed by atoms with Gasteiger partial charge in [0.2, 0.25) is 0 Å². The van der Waals surface area contributed by atoms with Gasteiger partial charge in [-0.15, -0.1) is 0 Å². The summed E-state index contributed by atoms with van der Waals surface area (Å²) in [6.07, 6.45) is 0. The first-order valence-electron chi connectivity index (χ1n) is 3.94. The minimum atomic E-state index is 0.444. The maximum atomic E-state index is 8.51. The third kappa shape index (κ3) is 5.70. The van der Waals surface area contributed by atoms with E-state index in [0.717, 1.165) is 24.2 Å². The van der Waals surface area contributed by atoms with Gasteiger partial charge in [-0.2, -0.15) is 5.26 Å². The molecule has 0 bridgehead atoms. The summed E-state index contributed by atoms with van der Waals surface area (Å²) in [4.78, 5) is 2.02. The van der Waals surface area contributed by atoms with Gasteiger partial charge >= 0.3 is 0 Å². The third-order valence-corrected chi connectivity index (χ3v) is 1.28. The minimum Gasteiger partial charge on any atom is -0.283 e. The second-order valence-corrected chi connectivity index (χ2v) is 3.22. The van der Waals surface area contributed by atoms with Gasteiger partial charge < -0.3 is 0 Å². The Balaban J connectivity index is 3.96. The summed E-state index contributed by atoms with van der Waals surface area (Å²) in [5, 5.41) is 8.51. The molecule has 0 aliphatic carbocycles. The molecular weight excluding hydrogens is 148 g/mol. The lowest BCUT2D eigenvalue weighted by molar-refractivity contribution is 0.360. The van der Waals surface area contributed by atoms with Crippen LogP contribution in [0.3, 0.4) is 0 Å². The monoisotopic (exact) mass is 164 g/mol. The van der Waals surface area contributed by atoms with E-state index in [1.165, 1.54) is 0 Å². The Labute approximate surface area is 74.8 Å². The van der Waals surface area contributed by atoms with Gasteiger partial charge in [0, 0.05) is 13.1 Å². The van der Waals surface area contributed by atoms with E-state index in [9.17, 15) is 0 Å². The molecule has 2 nitrogen and oxygen atoms in total. The van der Waals surface area contributed by atoms with Crippen LogP contribution < -0.4 is 0 Å². The average molecular weight is 164 g/mol. The van der Waals surface area contributed by atoms with Crippen molar-refractivity contribution >= 4 is 0 Å². The molecule has 0 aliphatic rings. The van der Waals surface area contributed by atoms with E-state index in [2.05, 4.69) is 19.2 Å². The second kappa shape index (κ2) is 5.56. The molecule has 0 spiro atoms. The molecule has 0 aromatic carbocycles. The molecule has 2 heteroatoms. The molecule has 0 rings (SSSR count). The normalized spacial score (nSPS) is 9.50. The topological polar surface area (TPSA) is 27.0 Å². The molecule has 0 heterocycles. The van der Waals surface area contributed by atoms with Crippen LogP contribution in [0.2, 0.25) is 0 Å². The maximum absolute atomic E-state index is 8.51. The van der Waals surface area contributed by atoms with Crippen LogP contribution in [0.25, 0.3) is 0 Å². The second-order valence-electron chi connectivity index (χ2n) is 3.22. The Morgan fingerprint density at radius 2 is 1.67 bits per heavy atom. The van der Waals surface area contributed by atoms with Crippen molar-refractivity contribution < 1.29 is 0 Å². The summed E-state index contributed by atoms with van der Waals surface area (Å²) in [7, 11) is 0. The van der Waals surface area contributed by atoms with Crippen LogP contribution in [0.15, 0.2) is 24.3 Å². The molecule has 0 fully saturated rings. The van der Waals surface area contributed by atoms with Crippen molar-refractivity contribution in [1.29, 1.82) is 5.26 Å². The number of nitrogens with zero attached hydrogens (tertiary/aromatic N) is 2. The molecule has 0 aromatic heterocycles. The standard InChI is InChI=1S/C10H16N2/c1-9(2)7-12(6-5-11)8-10(3)4/h1,3,6-8H2,2,4H3. The highest BCUT2D eigenvalue weighted by Crippen LogP contribution is 1.99. The van der Waals surface area contributed by atoms with E-state index in [1.54, 1.807) is 0 Å². The molecule has 66 valence electrons. The van der Waals surface area contributed by atoms with Crippen LogP contribution in [-0.2, 0) is 0 Å². The van der Waals surface area contributed by atoms with Crippen molar-refractivity contribution in [2.75, 3.05) is 19.6 Å². The highest BCUT2D eigenvalue weighted by atomic mass is 15.1. The van der Waals surface area contributed by atoms with E-state index in [0.29, 0.717) is 6.54 Å². The van der Waals surface area contributed by atoms with E-state index in [4.69, 9.17) is 5.26 Å². The fraction of sp³-hybridized carbons (Fsp3) is 0.500. The Kier molecular flexibility index (Phi) is 5.07. The molecule has 0 saturated carbocycles. The van der Waals surface area contributed by atoms with Gasteiger partial charge in [0.1, 0.15) is 0 Å². The van der Waals surface area contributed by atoms with Crippen LogP contribution in [-0.4, -0.2) is 24.5 Å². The predicted molar refractivity (Wildman–Crippen MR) is 51.7 cm³/mol. The van der Waals surface area contributed by atoms with Crippen LogP contribution in [0.4, 0.5) is 0 Å². The van der Waals surface area contributed by atoms with Crippen LogP contribution >= 0.6 is 0 Å². The molecule has 0 amide bonds. The van der Waals surface area contributed by atoms with Gasteiger partial charge in [0.05, 0.1) is 12.6 Å². The Hall–Kier alpha value is -1.07. The zero-order valence-corrected chi connectivity index (χ0v) is 7.93. The lowest BCUT2D eigenvalue weighted by Crippen LogP contribution is -2.27. The van der Waals surface area contributed by atoms with Crippen molar-refractivity contribution in [2.24, 2.45) is 0 Å². The van der Waals surface area contributed by atoms with Gasteiger partial charge in [0.25, 0.3) is 0 Å². The molecule has 0 aliphatic heterocycles. The quantitative estimate of drug-likeness (QED) is 0.459. The Bertz CT molecular complexity index is 194. The summed E-state index contributed by atoms with van der Waals surface area (Å²) in [6.45, 7) is 13.5. The zero-order chi connectivity index (χ0) is 9.56. The fourth-order valence-corrected chi connectivity index (χ4v) is 1.03. The third-order valence-electron chi connectivity index (χ3n) is 1.28. The molecule has 0 aromatic rings. The molecule has 12 heavy (non-hydrogen) atoms. The number of hydrogen-bond donors (Lipinski definition) is 0.